The van der Waals surface area contributed by atoms with Crippen LogP contribution in [0.2, 0.25) is 0 Å². The first kappa shape index (κ1) is 11.1. The van der Waals surface area contributed by atoms with E-state index in [4.69, 9.17) is 9.72 Å². The van der Waals surface area contributed by atoms with Gasteiger partial charge in [-0.3, -0.25) is 4.90 Å². The lowest BCUT2D eigenvalue weighted by Crippen LogP contribution is -2.33. The highest BCUT2D eigenvalue weighted by Gasteiger charge is 2.28. The zero-order valence-corrected chi connectivity index (χ0v) is 10.4. The summed E-state index contributed by atoms with van der Waals surface area (Å²) in [4.78, 5) is 11.5. The molecule has 0 spiro atoms. The minimum absolute atomic E-state index is 0.641. The summed E-state index contributed by atoms with van der Waals surface area (Å²) in [5.41, 5.74) is 2.54. The van der Waals surface area contributed by atoms with E-state index >= 15 is 0 Å². The molecule has 0 atom stereocenters. The van der Waals surface area contributed by atoms with E-state index in [2.05, 4.69) is 9.88 Å². The van der Waals surface area contributed by atoms with E-state index in [0.717, 1.165) is 38.7 Å². The average molecular weight is 233 g/mol. The zero-order chi connectivity index (χ0) is 11.7. The van der Waals surface area contributed by atoms with Crippen LogP contribution in [0.15, 0.2) is 6.20 Å². The van der Waals surface area contributed by atoms with Gasteiger partial charge in [0.25, 0.3) is 0 Å². The number of hydrogen-bond donors (Lipinski definition) is 0. The van der Waals surface area contributed by atoms with Crippen LogP contribution in [0.1, 0.15) is 42.8 Å². The summed E-state index contributed by atoms with van der Waals surface area (Å²) in [5, 5.41) is 0. The van der Waals surface area contributed by atoms with Crippen molar-refractivity contribution in [1.82, 2.24) is 14.9 Å². The van der Waals surface area contributed by atoms with Crippen molar-refractivity contribution < 1.29 is 4.74 Å². The largest absolute Gasteiger partial charge is 0.366 e. The summed E-state index contributed by atoms with van der Waals surface area (Å²) in [7, 11) is 0. The topological polar surface area (TPSA) is 38.2 Å². The number of ether oxygens (including phenoxy) is 1. The van der Waals surface area contributed by atoms with Crippen LogP contribution in [0.5, 0.6) is 0 Å². The molecule has 2 aliphatic rings. The predicted molar refractivity (Wildman–Crippen MR) is 64.6 cm³/mol. The van der Waals surface area contributed by atoms with Crippen molar-refractivity contribution in [1.29, 1.82) is 0 Å². The molecule has 17 heavy (non-hydrogen) atoms. The van der Waals surface area contributed by atoms with Crippen LogP contribution in [-0.4, -0.2) is 34.8 Å². The molecule has 3 rings (SSSR count). The summed E-state index contributed by atoms with van der Waals surface area (Å²) in [6.45, 7) is 5.50. The molecule has 2 heterocycles. The molecule has 1 fully saturated rings. The number of fused-ring (bicyclic) bond motifs is 1. The third-order valence-electron chi connectivity index (χ3n) is 3.46. The average Bonchev–Trinajstić information content (AvgIpc) is 3.19. The fraction of sp³-hybridized carbons (Fsp3) is 0.692. The fourth-order valence-corrected chi connectivity index (χ4v) is 2.24. The zero-order valence-electron chi connectivity index (χ0n) is 10.4. The first-order valence-corrected chi connectivity index (χ1v) is 6.51. The van der Waals surface area contributed by atoms with Crippen molar-refractivity contribution in [2.45, 2.75) is 38.6 Å². The Morgan fingerprint density at radius 2 is 2.35 bits per heavy atom. The molecule has 0 aromatic carbocycles. The van der Waals surface area contributed by atoms with Crippen LogP contribution in [0.4, 0.5) is 0 Å². The summed E-state index contributed by atoms with van der Waals surface area (Å²) in [6.07, 6.45) is 5.62. The molecule has 4 heteroatoms. The lowest BCUT2D eigenvalue weighted by molar-refractivity contribution is 0.0269. The van der Waals surface area contributed by atoms with Crippen LogP contribution < -0.4 is 0 Å². The Morgan fingerprint density at radius 1 is 1.47 bits per heavy atom. The van der Waals surface area contributed by atoms with Gasteiger partial charge in [-0.2, -0.15) is 0 Å². The van der Waals surface area contributed by atoms with Crippen molar-refractivity contribution in [2.75, 3.05) is 19.9 Å². The summed E-state index contributed by atoms with van der Waals surface area (Å²) in [6, 6.07) is 0. The summed E-state index contributed by atoms with van der Waals surface area (Å²) >= 11 is 0. The van der Waals surface area contributed by atoms with E-state index in [1.165, 1.54) is 24.1 Å². The fourth-order valence-electron chi connectivity index (χ4n) is 2.24. The monoisotopic (exact) mass is 233 g/mol. The highest BCUT2D eigenvalue weighted by Crippen LogP contribution is 2.38. The quantitative estimate of drug-likeness (QED) is 0.793. The molecule has 1 saturated carbocycles. The van der Waals surface area contributed by atoms with Gasteiger partial charge in [0.2, 0.25) is 0 Å². The molecule has 0 N–H and O–H groups in total. The Balaban J connectivity index is 1.72. The Labute approximate surface area is 102 Å². The lowest BCUT2D eigenvalue weighted by Gasteiger charge is -2.27. The molecule has 92 valence electrons. The highest BCUT2D eigenvalue weighted by molar-refractivity contribution is 5.22. The van der Waals surface area contributed by atoms with Crippen LogP contribution in [0.3, 0.4) is 0 Å². The highest BCUT2D eigenvalue weighted by atomic mass is 16.5. The number of nitrogens with zero attached hydrogens (tertiary/aromatic N) is 3. The number of aromatic nitrogens is 2. The molecule has 0 radical (unpaired) electrons. The van der Waals surface area contributed by atoms with Gasteiger partial charge in [-0.15, -0.1) is 0 Å². The maximum Gasteiger partial charge on any atom is 0.131 e. The van der Waals surface area contributed by atoms with E-state index < -0.39 is 0 Å². The molecule has 1 aliphatic carbocycles. The third kappa shape index (κ3) is 2.48. The van der Waals surface area contributed by atoms with Crippen molar-refractivity contribution in [2.24, 2.45) is 0 Å². The minimum atomic E-state index is 0.641. The van der Waals surface area contributed by atoms with Gasteiger partial charge >= 0.3 is 0 Å². The third-order valence-corrected chi connectivity index (χ3v) is 3.46. The normalized spacial score (nSPS) is 20.3. The molecule has 4 nitrogen and oxygen atoms in total. The number of hydrogen-bond acceptors (Lipinski definition) is 4. The molecule has 0 saturated heterocycles. The molecular weight excluding hydrogens is 214 g/mol. The van der Waals surface area contributed by atoms with Gasteiger partial charge in [0.15, 0.2) is 0 Å². The van der Waals surface area contributed by atoms with Crippen LogP contribution in [0.25, 0.3) is 0 Å². The van der Waals surface area contributed by atoms with Gasteiger partial charge in [0, 0.05) is 31.8 Å². The second-order valence-electron chi connectivity index (χ2n) is 4.90. The van der Waals surface area contributed by atoms with Gasteiger partial charge in [0.05, 0.1) is 12.4 Å². The Hall–Kier alpha value is -1.00. The molecule has 0 unspecified atom stereocenters. The Kier molecular flexibility index (Phi) is 3.07. The molecule has 1 aromatic heterocycles. The van der Waals surface area contributed by atoms with E-state index in [1.807, 2.05) is 13.1 Å². The second-order valence-corrected chi connectivity index (χ2v) is 4.90. The predicted octanol–water partition coefficient (Wildman–Crippen LogP) is 1.71. The smallest absolute Gasteiger partial charge is 0.131 e. The standard InChI is InChI=1S/C13H19N3O/c1-2-17-9-16-6-5-11-7-14-13(10-3-4-10)15-12(11)8-16/h7,10H,2-6,8-9H2,1H3. The van der Waals surface area contributed by atoms with E-state index in [-0.39, 0.29) is 0 Å². The molecule has 0 amide bonds. The Morgan fingerprint density at radius 3 is 3.12 bits per heavy atom. The maximum absolute atomic E-state index is 5.46. The second kappa shape index (κ2) is 4.70. The first-order chi connectivity index (χ1) is 8.36. The van der Waals surface area contributed by atoms with Crippen LogP contribution in [-0.2, 0) is 17.7 Å². The SMILES string of the molecule is CCOCN1CCc2cnc(C3CC3)nc2C1. The van der Waals surface area contributed by atoms with Gasteiger partial charge in [-0.05, 0) is 31.7 Å². The summed E-state index contributed by atoms with van der Waals surface area (Å²) < 4.78 is 5.46. The van der Waals surface area contributed by atoms with Crippen molar-refractivity contribution in [3.63, 3.8) is 0 Å². The van der Waals surface area contributed by atoms with E-state index in [0.29, 0.717) is 5.92 Å². The van der Waals surface area contributed by atoms with Crippen molar-refractivity contribution in [3.05, 3.63) is 23.3 Å². The minimum Gasteiger partial charge on any atom is -0.366 e. The van der Waals surface area contributed by atoms with Gasteiger partial charge in [0.1, 0.15) is 5.82 Å². The van der Waals surface area contributed by atoms with Crippen LogP contribution in [0, 0.1) is 0 Å². The van der Waals surface area contributed by atoms with Crippen molar-refractivity contribution in [3.8, 4) is 0 Å². The Bertz CT molecular complexity index is 404. The molecule has 0 bridgehead atoms. The van der Waals surface area contributed by atoms with Gasteiger partial charge in [-0.25, -0.2) is 9.97 Å². The maximum atomic E-state index is 5.46. The lowest BCUT2D eigenvalue weighted by atomic mass is 10.1. The van der Waals surface area contributed by atoms with Crippen LogP contribution >= 0.6 is 0 Å². The number of rotatable bonds is 4. The van der Waals surface area contributed by atoms with E-state index in [1.54, 1.807) is 0 Å². The van der Waals surface area contributed by atoms with Crippen molar-refractivity contribution >= 4 is 0 Å². The summed E-state index contributed by atoms with van der Waals surface area (Å²) in [5.74, 6) is 1.70. The van der Waals surface area contributed by atoms with Gasteiger partial charge in [-0.1, -0.05) is 0 Å². The molecule has 1 aliphatic heterocycles. The first-order valence-electron chi connectivity index (χ1n) is 6.51. The van der Waals surface area contributed by atoms with Gasteiger partial charge < -0.3 is 4.74 Å². The van der Waals surface area contributed by atoms with E-state index in [9.17, 15) is 0 Å². The molecule has 1 aromatic rings. The molecular formula is C13H19N3O.